The zero-order valence-electron chi connectivity index (χ0n) is 10.2. The minimum atomic E-state index is -3.66. The Hall–Kier alpha value is -0.440. The van der Waals surface area contributed by atoms with Crippen LogP contribution in [0.15, 0.2) is 20.1 Å². The predicted molar refractivity (Wildman–Crippen MR) is 73.1 cm³/mol. The van der Waals surface area contributed by atoms with Gasteiger partial charge in [0.1, 0.15) is 10.8 Å². The van der Waals surface area contributed by atoms with Crippen LogP contribution in [0.25, 0.3) is 0 Å². The minimum absolute atomic E-state index is 0.201. The lowest BCUT2D eigenvalue weighted by Gasteiger charge is -2.23. The summed E-state index contributed by atoms with van der Waals surface area (Å²) in [6, 6.07) is 2.85. The smallest absolute Gasteiger partial charge is 0.321 e. The normalized spacial score (nSPS) is 12.1. The predicted octanol–water partition coefficient (Wildman–Crippen LogP) is 2.08. The van der Waals surface area contributed by atoms with E-state index in [-0.39, 0.29) is 16.8 Å². The zero-order valence-corrected chi connectivity index (χ0v) is 13.4. The Labute approximate surface area is 119 Å². The lowest BCUT2D eigenvalue weighted by molar-refractivity contribution is -0.141. The molecule has 0 saturated carbocycles. The number of hydrogen-bond acceptors (Lipinski definition) is 5. The van der Waals surface area contributed by atoms with Gasteiger partial charge >= 0.3 is 5.97 Å². The summed E-state index contributed by atoms with van der Waals surface area (Å²) < 4.78 is 31.3. The van der Waals surface area contributed by atoms with Crippen LogP contribution in [0.1, 0.15) is 13.8 Å². The molecule has 1 aromatic rings. The van der Waals surface area contributed by atoms with Crippen molar-refractivity contribution in [1.29, 1.82) is 0 Å². The molecule has 0 saturated heterocycles. The first-order valence-corrected chi connectivity index (χ1v) is 8.18. The summed E-state index contributed by atoms with van der Waals surface area (Å²) in [6.45, 7) is 3.14. The van der Waals surface area contributed by atoms with Gasteiger partial charge < -0.3 is 4.74 Å². The van der Waals surface area contributed by atoms with E-state index >= 15 is 0 Å². The van der Waals surface area contributed by atoms with Crippen molar-refractivity contribution < 1.29 is 17.9 Å². The van der Waals surface area contributed by atoms with Gasteiger partial charge in [-0.15, -0.1) is 11.3 Å². The summed E-state index contributed by atoms with van der Waals surface area (Å²) in [6.07, 6.45) is 0. The monoisotopic (exact) mass is 355 g/mol. The summed E-state index contributed by atoms with van der Waals surface area (Å²) in [7, 11) is -2.43. The molecule has 5 nitrogen and oxygen atoms in total. The van der Waals surface area contributed by atoms with Gasteiger partial charge in [-0.3, -0.25) is 4.79 Å². The molecule has 0 amide bonds. The maximum absolute atomic E-state index is 12.3. The van der Waals surface area contributed by atoms with Gasteiger partial charge in [-0.2, -0.15) is 4.31 Å². The van der Waals surface area contributed by atoms with Crippen molar-refractivity contribution in [3.8, 4) is 0 Å². The topological polar surface area (TPSA) is 63.7 Å². The highest BCUT2D eigenvalue weighted by atomic mass is 79.9. The van der Waals surface area contributed by atoms with E-state index in [0.29, 0.717) is 0 Å². The number of methoxy groups -OCH3 is 1. The third kappa shape index (κ3) is 3.53. The quantitative estimate of drug-likeness (QED) is 0.758. The Kier molecular flexibility index (Phi) is 5.32. The van der Waals surface area contributed by atoms with Gasteiger partial charge in [-0.1, -0.05) is 0 Å². The van der Waals surface area contributed by atoms with Crippen LogP contribution in [0.4, 0.5) is 0 Å². The van der Waals surface area contributed by atoms with Crippen LogP contribution in [0.2, 0.25) is 0 Å². The van der Waals surface area contributed by atoms with Crippen molar-refractivity contribution in [3.63, 3.8) is 0 Å². The molecule has 0 radical (unpaired) electrons. The van der Waals surface area contributed by atoms with E-state index in [1.54, 1.807) is 19.9 Å². The molecule has 0 aliphatic carbocycles. The van der Waals surface area contributed by atoms with Crippen LogP contribution in [0.3, 0.4) is 0 Å². The highest BCUT2D eigenvalue weighted by Crippen LogP contribution is 2.29. The molecular weight excluding hydrogens is 342 g/mol. The molecule has 1 rings (SSSR count). The summed E-state index contributed by atoms with van der Waals surface area (Å²) in [4.78, 5) is 11.3. The molecule has 0 spiro atoms. The molecule has 0 bridgehead atoms. The largest absolute Gasteiger partial charge is 0.468 e. The number of rotatable bonds is 5. The maximum atomic E-state index is 12.3. The Bertz CT molecular complexity index is 524. The molecule has 0 N–H and O–H groups in total. The molecule has 0 atom stereocenters. The minimum Gasteiger partial charge on any atom is -0.468 e. The average molecular weight is 356 g/mol. The standard InChI is InChI=1S/C10H14BrNO4S2/c1-7(2)12(6-9(13)16-3)18(14,15)10-5-4-8(11)17-10/h4-5,7H,6H2,1-3H3. The Morgan fingerprint density at radius 2 is 2.11 bits per heavy atom. The first-order valence-electron chi connectivity index (χ1n) is 5.13. The fourth-order valence-corrected chi connectivity index (χ4v) is 5.01. The van der Waals surface area contributed by atoms with Crippen LogP contribution in [0.5, 0.6) is 0 Å². The van der Waals surface area contributed by atoms with Gasteiger partial charge in [0.05, 0.1) is 10.9 Å². The SMILES string of the molecule is COC(=O)CN(C(C)C)S(=O)(=O)c1ccc(Br)s1. The number of carbonyl (C=O) groups is 1. The van der Waals surface area contributed by atoms with Crippen molar-refractivity contribution in [2.45, 2.75) is 24.1 Å². The van der Waals surface area contributed by atoms with Gasteiger partial charge in [0.15, 0.2) is 0 Å². The second kappa shape index (κ2) is 6.14. The number of halogens is 1. The van der Waals surface area contributed by atoms with E-state index in [4.69, 9.17) is 0 Å². The average Bonchev–Trinajstić information content (AvgIpc) is 2.72. The third-order valence-electron chi connectivity index (χ3n) is 2.20. The molecule has 8 heteroatoms. The van der Waals surface area contributed by atoms with Crippen molar-refractivity contribution in [2.24, 2.45) is 0 Å². The molecule has 0 fully saturated rings. The van der Waals surface area contributed by atoms with E-state index in [1.165, 1.54) is 13.2 Å². The third-order valence-corrected chi connectivity index (χ3v) is 6.31. The molecule has 1 heterocycles. The summed E-state index contributed by atoms with van der Waals surface area (Å²) >= 11 is 4.33. The summed E-state index contributed by atoms with van der Waals surface area (Å²) in [5, 5.41) is 0. The number of esters is 1. The van der Waals surface area contributed by atoms with Crippen molar-refractivity contribution in [3.05, 3.63) is 15.9 Å². The number of sulfonamides is 1. The zero-order chi connectivity index (χ0) is 13.9. The van der Waals surface area contributed by atoms with E-state index in [0.717, 1.165) is 19.4 Å². The van der Waals surface area contributed by atoms with Gasteiger partial charge in [0.2, 0.25) is 0 Å². The van der Waals surface area contributed by atoms with Crippen LogP contribution >= 0.6 is 27.3 Å². The molecular formula is C10H14BrNO4S2. The van der Waals surface area contributed by atoms with Gasteiger partial charge in [-0.25, -0.2) is 8.42 Å². The lowest BCUT2D eigenvalue weighted by atomic mass is 10.4. The van der Waals surface area contributed by atoms with Crippen molar-refractivity contribution in [1.82, 2.24) is 4.31 Å². The fraction of sp³-hybridized carbons (Fsp3) is 0.500. The molecule has 102 valence electrons. The number of nitrogens with zero attached hydrogens (tertiary/aromatic N) is 1. The Morgan fingerprint density at radius 3 is 2.50 bits per heavy atom. The van der Waals surface area contributed by atoms with Gasteiger partial charge in [0.25, 0.3) is 10.0 Å². The molecule has 0 unspecified atom stereocenters. The highest BCUT2D eigenvalue weighted by Gasteiger charge is 2.30. The van der Waals surface area contributed by atoms with Crippen molar-refractivity contribution >= 4 is 43.3 Å². The Morgan fingerprint density at radius 1 is 1.50 bits per heavy atom. The number of ether oxygens (including phenoxy) is 1. The summed E-state index contributed by atoms with van der Waals surface area (Å²) in [5.74, 6) is -0.581. The van der Waals surface area contributed by atoms with Crippen LogP contribution in [0, 0.1) is 0 Å². The Balaban J connectivity index is 3.09. The van der Waals surface area contributed by atoms with E-state index in [9.17, 15) is 13.2 Å². The second-order valence-corrected chi connectivity index (χ2v) is 8.36. The van der Waals surface area contributed by atoms with E-state index in [1.807, 2.05) is 0 Å². The molecule has 0 aliphatic rings. The number of hydrogen-bond donors (Lipinski definition) is 0. The van der Waals surface area contributed by atoms with Crippen LogP contribution in [-0.4, -0.2) is 38.4 Å². The summed E-state index contributed by atoms with van der Waals surface area (Å²) in [5.41, 5.74) is 0. The molecule has 1 aromatic heterocycles. The maximum Gasteiger partial charge on any atom is 0.321 e. The van der Waals surface area contributed by atoms with E-state index < -0.39 is 16.0 Å². The first kappa shape index (κ1) is 15.6. The van der Waals surface area contributed by atoms with Gasteiger partial charge in [0, 0.05) is 6.04 Å². The van der Waals surface area contributed by atoms with Gasteiger partial charge in [-0.05, 0) is 41.9 Å². The molecule has 0 aliphatic heterocycles. The number of carbonyl (C=O) groups excluding carboxylic acids is 1. The second-order valence-electron chi connectivity index (χ2n) is 3.78. The first-order chi connectivity index (χ1) is 8.28. The van der Waals surface area contributed by atoms with Crippen molar-refractivity contribution in [2.75, 3.05) is 13.7 Å². The molecule has 0 aromatic carbocycles. The highest BCUT2D eigenvalue weighted by molar-refractivity contribution is 9.11. The molecule has 18 heavy (non-hydrogen) atoms. The fourth-order valence-electron chi connectivity index (χ4n) is 1.29. The van der Waals surface area contributed by atoms with E-state index in [2.05, 4.69) is 20.7 Å². The van der Waals surface area contributed by atoms with Crippen LogP contribution < -0.4 is 0 Å². The lowest BCUT2D eigenvalue weighted by Crippen LogP contribution is -2.40. The number of thiophene rings is 1. The van der Waals surface area contributed by atoms with Crippen LogP contribution in [-0.2, 0) is 19.6 Å².